The number of methoxy groups -OCH3 is 2. The zero-order chi connectivity index (χ0) is 20.5. The number of hydrogen-bond acceptors (Lipinski definition) is 6. The minimum Gasteiger partial charge on any atom is -0.493 e. The van der Waals surface area contributed by atoms with Gasteiger partial charge in [0.2, 0.25) is 5.56 Å². The number of hydrogen-bond donors (Lipinski definition) is 2. The van der Waals surface area contributed by atoms with Gasteiger partial charge in [0.1, 0.15) is 11.6 Å². The topological polar surface area (TPSA) is 100 Å². The number of aromatic amines is 1. The van der Waals surface area contributed by atoms with E-state index < -0.39 is 0 Å². The maximum atomic E-state index is 11.8. The highest BCUT2D eigenvalue weighted by atomic mass is 16.5. The maximum Gasteiger partial charge on any atom is 0.248 e. The van der Waals surface area contributed by atoms with Crippen molar-refractivity contribution in [1.82, 2.24) is 9.97 Å². The Balaban J connectivity index is 1.90. The summed E-state index contributed by atoms with van der Waals surface area (Å²) in [5.74, 6) is 1.05. The molecule has 7 heteroatoms. The lowest BCUT2D eigenvalue weighted by molar-refractivity contribution is 0.358. The first kappa shape index (κ1) is 18.3. The van der Waals surface area contributed by atoms with Crippen molar-refractivity contribution in [3.8, 4) is 17.6 Å². The van der Waals surface area contributed by atoms with Gasteiger partial charge in [0.05, 0.1) is 31.0 Å². The molecule has 2 heterocycles. The highest BCUT2D eigenvalue weighted by Crippen LogP contribution is 2.39. The van der Waals surface area contributed by atoms with Gasteiger partial charge >= 0.3 is 0 Å². The lowest BCUT2D eigenvalue weighted by Crippen LogP contribution is -2.05. The number of aryl methyl sites for hydroxylation is 1. The Hall–Kier alpha value is -4.05. The van der Waals surface area contributed by atoms with Gasteiger partial charge in [-0.25, -0.2) is 0 Å². The molecule has 144 valence electrons. The second-order valence-corrected chi connectivity index (χ2v) is 6.56. The van der Waals surface area contributed by atoms with Crippen LogP contribution in [0.15, 0.2) is 47.4 Å². The van der Waals surface area contributed by atoms with Crippen molar-refractivity contribution < 1.29 is 9.47 Å². The Labute approximate surface area is 166 Å². The van der Waals surface area contributed by atoms with Crippen LogP contribution in [0.5, 0.6) is 11.5 Å². The summed E-state index contributed by atoms with van der Waals surface area (Å²) < 4.78 is 10.8. The molecule has 2 aromatic heterocycles. The summed E-state index contributed by atoms with van der Waals surface area (Å²) in [6.07, 6.45) is 1.50. The van der Waals surface area contributed by atoms with Crippen molar-refractivity contribution in [2.45, 2.75) is 6.92 Å². The number of H-pyrrole nitrogens is 1. The normalized spacial score (nSPS) is 10.7. The van der Waals surface area contributed by atoms with E-state index in [-0.39, 0.29) is 5.56 Å². The van der Waals surface area contributed by atoms with Gasteiger partial charge < -0.3 is 19.8 Å². The monoisotopic (exact) mass is 386 g/mol. The summed E-state index contributed by atoms with van der Waals surface area (Å²) in [7, 11) is 3.11. The SMILES string of the molecule is COc1ccc2c(Nc3ccc4c(C)cc(=O)[nH]c4c3)c(C#N)cnc2c1OC. The molecule has 0 aliphatic rings. The minimum absolute atomic E-state index is 0.156. The van der Waals surface area contributed by atoms with Gasteiger partial charge in [0.25, 0.3) is 0 Å². The van der Waals surface area contributed by atoms with E-state index >= 15 is 0 Å². The zero-order valence-electron chi connectivity index (χ0n) is 16.2. The van der Waals surface area contributed by atoms with Gasteiger partial charge in [-0.15, -0.1) is 0 Å². The molecule has 0 radical (unpaired) electrons. The number of fused-ring (bicyclic) bond motifs is 2. The summed E-state index contributed by atoms with van der Waals surface area (Å²) in [4.78, 5) is 19.1. The van der Waals surface area contributed by atoms with Crippen LogP contribution in [0.3, 0.4) is 0 Å². The predicted octanol–water partition coefficient (Wildman–Crippen LogP) is 4.02. The number of benzene rings is 2. The summed E-state index contributed by atoms with van der Waals surface area (Å²) in [6, 6.07) is 13.0. The lowest BCUT2D eigenvalue weighted by Gasteiger charge is -2.15. The van der Waals surface area contributed by atoms with Crippen LogP contribution in [0, 0.1) is 18.3 Å². The fourth-order valence-electron chi connectivity index (χ4n) is 3.46. The Morgan fingerprint density at radius 2 is 1.90 bits per heavy atom. The quantitative estimate of drug-likeness (QED) is 0.549. The number of anilines is 2. The number of rotatable bonds is 4. The van der Waals surface area contributed by atoms with Crippen molar-refractivity contribution in [1.29, 1.82) is 5.26 Å². The summed E-state index contributed by atoms with van der Waals surface area (Å²) in [6.45, 7) is 1.90. The molecule has 29 heavy (non-hydrogen) atoms. The molecule has 4 aromatic rings. The second kappa shape index (κ2) is 7.17. The van der Waals surface area contributed by atoms with Gasteiger partial charge in [-0.05, 0) is 36.8 Å². The van der Waals surface area contributed by atoms with E-state index in [1.54, 1.807) is 26.4 Å². The lowest BCUT2D eigenvalue weighted by atomic mass is 10.1. The molecule has 0 spiro atoms. The van der Waals surface area contributed by atoms with E-state index in [1.807, 2.05) is 31.2 Å². The molecule has 0 saturated carbocycles. The Morgan fingerprint density at radius 3 is 2.62 bits per heavy atom. The van der Waals surface area contributed by atoms with Crippen LogP contribution < -0.4 is 20.3 Å². The number of nitrogens with one attached hydrogen (secondary N) is 2. The molecular formula is C22H18N4O3. The van der Waals surface area contributed by atoms with Crippen LogP contribution in [0.1, 0.15) is 11.1 Å². The Morgan fingerprint density at radius 1 is 1.10 bits per heavy atom. The molecular weight excluding hydrogens is 368 g/mol. The summed E-state index contributed by atoms with van der Waals surface area (Å²) in [5, 5.41) is 14.6. The zero-order valence-corrected chi connectivity index (χ0v) is 16.2. The highest BCUT2D eigenvalue weighted by Gasteiger charge is 2.16. The minimum atomic E-state index is -0.156. The average molecular weight is 386 g/mol. The number of nitriles is 1. The first-order valence-corrected chi connectivity index (χ1v) is 8.90. The molecule has 0 amide bonds. The van der Waals surface area contributed by atoms with E-state index in [2.05, 4.69) is 21.4 Å². The molecule has 0 bridgehead atoms. The summed E-state index contributed by atoms with van der Waals surface area (Å²) in [5.41, 5.74) is 3.78. The van der Waals surface area contributed by atoms with E-state index in [4.69, 9.17) is 9.47 Å². The van der Waals surface area contributed by atoms with Gasteiger partial charge in [-0.2, -0.15) is 5.26 Å². The molecule has 0 unspecified atom stereocenters. The highest BCUT2D eigenvalue weighted by molar-refractivity contribution is 6.00. The predicted molar refractivity (Wildman–Crippen MR) is 112 cm³/mol. The van der Waals surface area contributed by atoms with Gasteiger partial charge in [0.15, 0.2) is 11.5 Å². The van der Waals surface area contributed by atoms with Crippen LogP contribution in [0.2, 0.25) is 0 Å². The molecule has 0 atom stereocenters. The van der Waals surface area contributed by atoms with Crippen LogP contribution in [0.25, 0.3) is 21.8 Å². The number of ether oxygens (including phenoxy) is 2. The molecule has 4 rings (SSSR count). The van der Waals surface area contributed by atoms with E-state index in [9.17, 15) is 10.1 Å². The molecule has 0 aliphatic heterocycles. The first-order valence-electron chi connectivity index (χ1n) is 8.90. The second-order valence-electron chi connectivity index (χ2n) is 6.56. The Kier molecular flexibility index (Phi) is 4.53. The largest absolute Gasteiger partial charge is 0.493 e. The van der Waals surface area contributed by atoms with Crippen LogP contribution in [-0.4, -0.2) is 24.2 Å². The van der Waals surface area contributed by atoms with Crippen molar-refractivity contribution in [2.75, 3.05) is 19.5 Å². The van der Waals surface area contributed by atoms with E-state index in [0.29, 0.717) is 28.3 Å². The average Bonchev–Trinajstić information content (AvgIpc) is 2.72. The maximum absolute atomic E-state index is 11.8. The van der Waals surface area contributed by atoms with Crippen molar-refractivity contribution in [3.05, 3.63) is 64.1 Å². The molecule has 2 N–H and O–H groups in total. The van der Waals surface area contributed by atoms with Gasteiger partial charge in [-0.1, -0.05) is 6.07 Å². The number of pyridine rings is 2. The first-order chi connectivity index (χ1) is 14.0. The van der Waals surface area contributed by atoms with E-state index in [0.717, 1.165) is 27.5 Å². The number of aromatic nitrogens is 2. The third kappa shape index (κ3) is 3.11. The van der Waals surface area contributed by atoms with Gasteiger partial charge in [0, 0.05) is 28.7 Å². The number of nitrogens with zero attached hydrogens (tertiary/aromatic N) is 2. The third-order valence-electron chi connectivity index (χ3n) is 4.82. The third-order valence-corrected chi connectivity index (χ3v) is 4.82. The molecule has 0 saturated heterocycles. The molecule has 0 fully saturated rings. The fraction of sp³-hybridized carbons (Fsp3) is 0.136. The smallest absolute Gasteiger partial charge is 0.248 e. The molecule has 0 aliphatic carbocycles. The standard InChI is InChI=1S/C22H18N4O3/c1-12-8-19(27)26-17-9-14(4-5-15(12)17)25-20-13(10-23)11-24-21-16(20)6-7-18(28-2)22(21)29-3/h4-9,11H,1-3H3,(H,24,25)(H,26,27). The van der Waals surface area contributed by atoms with Crippen LogP contribution in [0.4, 0.5) is 11.4 Å². The molecule has 7 nitrogen and oxygen atoms in total. The van der Waals surface area contributed by atoms with Crippen molar-refractivity contribution in [2.24, 2.45) is 0 Å². The van der Waals surface area contributed by atoms with Crippen molar-refractivity contribution >= 4 is 33.2 Å². The fourth-order valence-corrected chi connectivity index (χ4v) is 3.46. The Bertz CT molecular complexity index is 1350. The summed E-state index contributed by atoms with van der Waals surface area (Å²) >= 11 is 0. The molecule has 2 aromatic carbocycles. The van der Waals surface area contributed by atoms with Crippen molar-refractivity contribution in [3.63, 3.8) is 0 Å². The van der Waals surface area contributed by atoms with Crippen LogP contribution >= 0.6 is 0 Å². The van der Waals surface area contributed by atoms with Crippen LogP contribution in [-0.2, 0) is 0 Å². The van der Waals surface area contributed by atoms with Gasteiger partial charge in [-0.3, -0.25) is 9.78 Å². The van der Waals surface area contributed by atoms with E-state index in [1.165, 1.54) is 6.20 Å².